The van der Waals surface area contributed by atoms with Crippen LogP contribution < -0.4 is 23.1 Å². The summed E-state index contributed by atoms with van der Waals surface area (Å²) >= 11 is 1.43. The van der Waals surface area contributed by atoms with E-state index in [0.29, 0.717) is 33.7 Å². The summed E-state index contributed by atoms with van der Waals surface area (Å²) in [6.07, 6.45) is 1.58. The van der Waals surface area contributed by atoms with Crippen molar-refractivity contribution in [1.29, 1.82) is 0 Å². The van der Waals surface area contributed by atoms with Gasteiger partial charge in [0.2, 0.25) is 17.7 Å². The number of nitrogens with zero attached hydrogens (tertiary/aromatic N) is 1. The first kappa shape index (κ1) is 33.2. The fraction of sp³-hybridized carbons (Fsp3) is 0.393. The van der Waals surface area contributed by atoms with Gasteiger partial charge in [0.15, 0.2) is 0 Å². The number of imide groups is 1. The van der Waals surface area contributed by atoms with E-state index >= 15 is 0 Å². The molecule has 2 aliphatic rings. The number of anilines is 1. The van der Waals surface area contributed by atoms with Crippen LogP contribution in [-0.2, 0) is 34.0 Å². The molecule has 0 bridgehead atoms. The Morgan fingerprint density at radius 3 is 2.55 bits per heavy atom. The Hall–Kier alpha value is -3.26. The number of amides is 3. The summed E-state index contributed by atoms with van der Waals surface area (Å²) in [4.78, 5) is 50.3. The quantitative estimate of drug-likeness (QED) is 0.0850. The molecule has 14 heteroatoms. The van der Waals surface area contributed by atoms with Crippen molar-refractivity contribution >= 4 is 57.0 Å². The Bertz CT molecular complexity index is 1530. The molecule has 1 saturated heterocycles. The van der Waals surface area contributed by atoms with Gasteiger partial charge in [-0.25, -0.2) is 0 Å². The summed E-state index contributed by atoms with van der Waals surface area (Å²) in [5.74, 6) is -1.34. The summed E-state index contributed by atoms with van der Waals surface area (Å²) in [6, 6.07) is 9.38. The zero-order valence-corrected chi connectivity index (χ0v) is 25.5. The van der Waals surface area contributed by atoms with Crippen LogP contribution in [0.4, 0.5) is 5.69 Å². The number of hydrogen-bond acceptors (Lipinski definition) is 8. The van der Waals surface area contributed by atoms with Gasteiger partial charge in [-0.05, 0) is 47.1 Å². The van der Waals surface area contributed by atoms with Gasteiger partial charge in [-0.3, -0.25) is 34.0 Å². The van der Waals surface area contributed by atoms with Gasteiger partial charge in [0, 0.05) is 56.8 Å². The van der Waals surface area contributed by atoms with Gasteiger partial charge in [0.25, 0.3) is 10.1 Å². The van der Waals surface area contributed by atoms with Gasteiger partial charge in [0.1, 0.15) is 17.2 Å². The number of fused-ring (bicyclic) bond motifs is 3. The highest BCUT2D eigenvalue weighted by molar-refractivity contribution is 8.00. The van der Waals surface area contributed by atoms with Crippen LogP contribution in [0.3, 0.4) is 0 Å². The monoisotopic (exact) mass is 637 g/mol. The van der Waals surface area contributed by atoms with Crippen LogP contribution >= 0.6 is 11.8 Å². The third-order valence-electron chi connectivity index (χ3n) is 6.94. The molecule has 1 fully saturated rings. The average molecular weight is 638 g/mol. The minimum atomic E-state index is -4.54. The van der Waals surface area contributed by atoms with Crippen molar-refractivity contribution in [2.24, 2.45) is 0 Å². The molecule has 2 unspecified atom stereocenters. The van der Waals surface area contributed by atoms with Gasteiger partial charge >= 0.3 is 5.97 Å². The normalized spacial score (nSPS) is 17.4. The lowest BCUT2D eigenvalue weighted by atomic mass is 9.97. The second kappa shape index (κ2) is 13.8. The molecule has 0 aromatic heterocycles. The Morgan fingerprint density at radius 2 is 1.88 bits per heavy atom. The lowest BCUT2D eigenvalue weighted by Gasteiger charge is -2.16. The first-order valence-corrected chi connectivity index (χ1v) is 15.6. The standard InChI is InChI=1S/C28H31N3O8S2.ClH/c1-16(29)5-4-12-40-23-14-26(34)31(28(23)35)11-10-25(33)30-18-8-9-20-21(13-18)22(15-39-17(2)32)19-6-3-7-24(27(19)20)41(36,37)38;/h3,6-9,13,22-23,29H,4-5,10-12,14-15H2,1-2H3,(H,30,33)(H,36,37,38);1H. The molecule has 2 aromatic rings. The molecule has 2 aromatic carbocycles. The predicted octanol–water partition coefficient (Wildman–Crippen LogP) is -1.20. The molecule has 0 radical (unpaired) electrons. The molecule has 1 aliphatic carbocycles. The van der Waals surface area contributed by atoms with Crippen LogP contribution in [0.25, 0.3) is 11.1 Å². The number of hydrogen-bond donors (Lipinski definition) is 3. The molecule has 1 heterocycles. The zero-order valence-electron chi connectivity index (χ0n) is 23.1. The predicted molar refractivity (Wildman–Crippen MR) is 153 cm³/mol. The summed E-state index contributed by atoms with van der Waals surface area (Å²) in [5.41, 5.74) is 3.25. The van der Waals surface area contributed by atoms with Gasteiger partial charge < -0.3 is 22.5 Å². The molecule has 4 rings (SSSR count). The fourth-order valence-electron chi connectivity index (χ4n) is 5.08. The first-order valence-electron chi connectivity index (χ1n) is 13.1. The van der Waals surface area contributed by atoms with Crippen LogP contribution in [0.2, 0.25) is 0 Å². The number of nitrogens with one attached hydrogen (secondary N) is 1. The van der Waals surface area contributed by atoms with Gasteiger partial charge in [-0.15, -0.1) is 11.8 Å². The highest BCUT2D eigenvalue weighted by Gasteiger charge is 2.39. The van der Waals surface area contributed by atoms with Crippen LogP contribution in [0, 0.1) is 0 Å². The van der Waals surface area contributed by atoms with E-state index in [2.05, 4.69) is 5.32 Å². The molecule has 11 nitrogen and oxygen atoms in total. The number of esters is 1. The molecular weight excluding hydrogens is 606 g/mol. The molecule has 2 atom stereocenters. The van der Waals surface area contributed by atoms with Crippen LogP contribution in [0.1, 0.15) is 56.6 Å². The maximum Gasteiger partial charge on any atom is 0.302 e. The van der Waals surface area contributed by atoms with Crippen molar-refractivity contribution in [1.82, 2.24) is 4.90 Å². The maximum atomic E-state index is 12.8. The van der Waals surface area contributed by atoms with Crippen molar-refractivity contribution in [3.05, 3.63) is 47.5 Å². The highest BCUT2D eigenvalue weighted by Crippen LogP contribution is 2.48. The molecule has 226 valence electrons. The molecule has 0 saturated carbocycles. The molecule has 0 spiro atoms. The zero-order chi connectivity index (χ0) is 29.9. The number of halogens is 1. The smallest absolute Gasteiger partial charge is 0.302 e. The number of ether oxygens (including phenoxy) is 1. The Labute approximate surface area is 254 Å². The average Bonchev–Trinajstić information content (AvgIpc) is 3.35. The summed E-state index contributed by atoms with van der Waals surface area (Å²) < 4.78 is 39.2. The van der Waals surface area contributed by atoms with Gasteiger partial charge in [-0.2, -0.15) is 8.42 Å². The van der Waals surface area contributed by atoms with Crippen molar-refractivity contribution < 1.29 is 54.7 Å². The van der Waals surface area contributed by atoms with Gasteiger partial charge in [0.05, 0.1) is 5.25 Å². The van der Waals surface area contributed by atoms with Crippen LogP contribution in [0.15, 0.2) is 41.3 Å². The van der Waals surface area contributed by atoms with Crippen LogP contribution in [-0.4, -0.2) is 71.4 Å². The van der Waals surface area contributed by atoms with Crippen molar-refractivity contribution in [3.63, 3.8) is 0 Å². The van der Waals surface area contributed by atoms with E-state index in [4.69, 9.17) is 10.1 Å². The lowest BCUT2D eigenvalue weighted by molar-refractivity contribution is -0.141. The largest absolute Gasteiger partial charge is 1.00 e. The van der Waals surface area contributed by atoms with Crippen molar-refractivity contribution in [3.8, 4) is 11.1 Å². The fourth-order valence-corrected chi connectivity index (χ4v) is 6.94. The third-order valence-corrected chi connectivity index (χ3v) is 9.14. The number of thioether (sulfide) groups is 1. The molecule has 42 heavy (non-hydrogen) atoms. The Morgan fingerprint density at radius 1 is 1.14 bits per heavy atom. The second-order valence-corrected chi connectivity index (χ2v) is 12.7. The maximum absolute atomic E-state index is 12.8. The molecular formula is C28H32ClN3O8S2. The lowest BCUT2D eigenvalue weighted by Crippen LogP contribution is -3.00. The number of nitrogens with two attached hydrogens (primary N) is 1. The molecule has 1 aliphatic heterocycles. The Kier molecular flexibility index (Phi) is 10.9. The minimum absolute atomic E-state index is 0. The summed E-state index contributed by atoms with van der Waals surface area (Å²) in [7, 11) is -4.54. The van der Waals surface area contributed by atoms with Gasteiger partial charge in [-0.1, -0.05) is 18.2 Å². The SMILES string of the molecule is CC(=[NH2+])CCCSC1CC(=O)N(CCC(=O)Nc2ccc3c(c2)C(COC(C)=O)c2cccc(S(=O)(=O)O)c2-3)C1=O.[Cl-]. The third kappa shape index (κ3) is 7.57. The number of benzene rings is 2. The van der Waals surface area contributed by atoms with E-state index in [-0.39, 0.29) is 55.1 Å². The number of rotatable bonds is 12. The highest BCUT2D eigenvalue weighted by atomic mass is 35.5. The number of carbonyl (C=O) groups excluding carboxylic acids is 4. The van der Waals surface area contributed by atoms with E-state index in [1.165, 1.54) is 30.8 Å². The Balaban J connectivity index is 0.00000484. The number of carbonyl (C=O) groups is 4. The van der Waals surface area contributed by atoms with E-state index in [1.54, 1.807) is 24.3 Å². The summed E-state index contributed by atoms with van der Waals surface area (Å²) in [5, 5.41) is 7.98. The van der Waals surface area contributed by atoms with E-state index < -0.39 is 33.2 Å². The summed E-state index contributed by atoms with van der Waals surface area (Å²) in [6.45, 7) is 2.99. The first-order chi connectivity index (χ1) is 19.4. The van der Waals surface area contributed by atoms with Crippen LogP contribution in [0.5, 0.6) is 0 Å². The second-order valence-electron chi connectivity index (χ2n) is 10.0. The van der Waals surface area contributed by atoms with E-state index in [9.17, 15) is 32.1 Å². The number of likely N-dealkylation sites (tertiary alicyclic amines) is 1. The minimum Gasteiger partial charge on any atom is -1.00 e. The van der Waals surface area contributed by atoms with Crippen molar-refractivity contribution in [2.45, 2.75) is 55.6 Å². The molecule has 3 amide bonds. The topological polar surface area (TPSA) is 173 Å². The van der Waals surface area contributed by atoms with E-state index in [1.807, 2.05) is 6.92 Å². The van der Waals surface area contributed by atoms with E-state index in [0.717, 1.165) is 23.5 Å². The van der Waals surface area contributed by atoms with Crippen molar-refractivity contribution in [2.75, 3.05) is 24.2 Å². The molecule has 4 N–H and O–H groups in total.